The van der Waals surface area contributed by atoms with Gasteiger partial charge in [-0.3, -0.25) is 4.79 Å². The van der Waals surface area contributed by atoms with Gasteiger partial charge in [0.2, 0.25) is 5.76 Å². The molecule has 2 aromatic rings. The maximum absolute atomic E-state index is 12.5. The van der Waals surface area contributed by atoms with Crippen molar-refractivity contribution in [2.75, 3.05) is 7.05 Å². The van der Waals surface area contributed by atoms with Gasteiger partial charge in [-0.05, 0) is 20.8 Å². The molecule has 0 bridgehead atoms. The summed E-state index contributed by atoms with van der Waals surface area (Å²) >= 11 is 1.56. The second kappa shape index (κ2) is 5.75. The maximum atomic E-state index is 12.5. The van der Waals surface area contributed by atoms with Gasteiger partial charge in [0.05, 0.1) is 11.7 Å². The zero-order valence-electron chi connectivity index (χ0n) is 12.4. The number of rotatable bonds is 4. The lowest BCUT2D eigenvalue weighted by molar-refractivity contribution is 0.0707. The van der Waals surface area contributed by atoms with E-state index in [1.165, 1.54) is 0 Å². The third kappa shape index (κ3) is 2.75. The highest BCUT2D eigenvalue weighted by molar-refractivity contribution is 7.09. The van der Waals surface area contributed by atoms with Crippen LogP contribution in [0, 0.1) is 13.8 Å². The molecule has 0 fully saturated rings. The SMILES string of the molecule is CCc1nc(C)c(C(=O)N(C)[C@@H](C)c2nc(C)cs2)o1. The summed E-state index contributed by atoms with van der Waals surface area (Å²) in [6.07, 6.45) is 0.680. The molecule has 0 aliphatic rings. The number of thiazole rings is 1. The highest BCUT2D eigenvalue weighted by Crippen LogP contribution is 2.25. The van der Waals surface area contributed by atoms with Crippen LogP contribution in [-0.4, -0.2) is 27.8 Å². The predicted octanol–water partition coefficient (Wildman–Crippen LogP) is 3.14. The lowest BCUT2D eigenvalue weighted by Crippen LogP contribution is -2.29. The smallest absolute Gasteiger partial charge is 0.291 e. The first-order valence-electron chi connectivity index (χ1n) is 6.59. The molecule has 108 valence electrons. The van der Waals surface area contributed by atoms with Crippen LogP contribution in [-0.2, 0) is 6.42 Å². The van der Waals surface area contributed by atoms with Crippen LogP contribution < -0.4 is 0 Å². The van der Waals surface area contributed by atoms with Gasteiger partial charge in [0.25, 0.3) is 5.91 Å². The summed E-state index contributed by atoms with van der Waals surface area (Å²) in [6.45, 7) is 7.65. The second-order valence-electron chi connectivity index (χ2n) is 4.79. The summed E-state index contributed by atoms with van der Waals surface area (Å²) in [4.78, 5) is 22.8. The number of hydrogen-bond acceptors (Lipinski definition) is 5. The normalized spacial score (nSPS) is 12.4. The highest BCUT2D eigenvalue weighted by Gasteiger charge is 2.25. The van der Waals surface area contributed by atoms with Gasteiger partial charge < -0.3 is 9.32 Å². The summed E-state index contributed by atoms with van der Waals surface area (Å²) < 4.78 is 5.52. The Morgan fingerprint density at radius 3 is 2.65 bits per heavy atom. The first-order valence-corrected chi connectivity index (χ1v) is 7.47. The fourth-order valence-electron chi connectivity index (χ4n) is 1.87. The molecule has 0 N–H and O–H groups in total. The van der Waals surface area contributed by atoms with Gasteiger partial charge in [-0.2, -0.15) is 0 Å². The van der Waals surface area contributed by atoms with Crippen molar-refractivity contribution in [2.45, 2.75) is 40.2 Å². The molecule has 5 nitrogen and oxygen atoms in total. The lowest BCUT2D eigenvalue weighted by atomic mass is 10.2. The largest absolute Gasteiger partial charge is 0.435 e. The fourth-order valence-corrected chi connectivity index (χ4v) is 2.76. The monoisotopic (exact) mass is 293 g/mol. The van der Waals surface area contributed by atoms with Gasteiger partial charge in [-0.15, -0.1) is 11.3 Å². The molecule has 0 aliphatic heterocycles. The van der Waals surface area contributed by atoms with Crippen molar-refractivity contribution in [3.63, 3.8) is 0 Å². The molecule has 0 unspecified atom stereocenters. The van der Waals surface area contributed by atoms with Crippen LogP contribution in [0.15, 0.2) is 9.80 Å². The van der Waals surface area contributed by atoms with E-state index in [-0.39, 0.29) is 11.9 Å². The second-order valence-corrected chi connectivity index (χ2v) is 5.68. The Morgan fingerprint density at radius 2 is 2.15 bits per heavy atom. The number of aromatic nitrogens is 2. The van der Waals surface area contributed by atoms with E-state index in [4.69, 9.17) is 4.42 Å². The first-order chi connectivity index (χ1) is 9.43. The number of carbonyl (C=O) groups excluding carboxylic acids is 1. The fraction of sp³-hybridized carbons (Fsp3) is 0.500. The van der Waals surface area contributed by atoms with Crippen molar-refractivity contribution < 1.29 is 9.21 Å². The lowest BCUT2D eigenvalue weighted by Gasteiger charge is -2.22. The number of hydrogen-bond donors (Lipinski definition) is 0. The van der Waals surface area contributed by atoms with E-state index in [2.05, 4.69) is 9.97 Å². The topological polar surface area (TPSA) is 59.2 Å². The average Bonchev–Trinajstić information content (AvgIpc) is 3.02. The molecule has 2 rings (SSSR count). The van der Waals surface area contributed by atoms with Crippen LogP contribution in [0.1, 0.15) is 52.7 Å². The van der Waals surface area contributed by atoms with E-state index in [9.17, 15) is 4.79 Å². The van der Waals surface area contributed by atoms with E-state index in [1.54, 1.807) is 30.2 Å². The van der Waals surface area contributed by atoms with Crippen LogP contribution >= 0.6 is 11.3 Å². The van der Waals surface area contributed by atoms with Crippen LogP contribution in [0.25, 0.3) is 0 Å². The molecule has 0 aromatic carbocycles. The van der Waals surface area contributed by atoms with Crippen molar-refractivity contribution in [1.82, 2.24) is 14.9 Å². The highest BCUT2D eigenvalue weighted by atomic mass is 32.1. The molecule has 6 heteroatoms. The van der Waals surface area contributed by atoms with Crippen LogP contribution in [0.5, 0.6) is 0 Å². The van der Waals surface area contributed by atoms with Crippen LogP contribution in [0.3, 0.4) is 0 Å². The zero-order valence-corrected chi connectivity index (χ0v) is 13.2. The number of carbonyl (C=O) groups is 1. The van der Waals surface area contributed by atoms with Gasteiger partial charge in [-0.1, -0.05) is 6.92 Å². The average molecular weight is 293 g/mol. The van der Waals surface area contributed by atoms with Crippen molar-refractivity contribution in [3.05, 3.63) is 33.4 Å². The zero-order chi connectivity index (χ0) is 14.9. The maximum Gasteiger partial charge on any atom is 0.291 e. The molecule has 1 amide bonds. The van der Waals surface area contributed by atoms with E-state index in [1.807, 2.05) is 26.2 Å². The summed E-state index contributed by atoms with van der Waals surface area (Å²) in [6, 6.07) is -0.0872. The van der Waals surface area contributed by atoms with Gasteiger partial charge in [0.1, 0.15) is 5.01 Å². The minimum atomic E-state index is -0.157. The molecule has 0 spiro atoms. The predicted molar refractivity (Wildman–Crippen MR) is 78.0 cm³/mol. The first kappa shape index (κ1) is 14.7. The summed E-state index contributed by atoms with van der Waals surface area (Å²) in [5.74, 6) is 0.761. The molecule has 0 radical (unpaired) electrons. The van der Waals surface area contributed by atoms with Gasteiger partial charge in [0, 0.05) is 24.5 Å². The molecule has 1 atom stereocenters. The third-order valence-electron chi connectivity index (χ3n) is 3.23. The summed E-state index contributed by atoms with van der Waals surface area (Å²) in [7, 11) is 1.76. The number of nitrogens with zero attached hydrogens (tertiary/aromatic N) is 3. The number of aryl methyl sites for hydroxylation is 3. The van der Waals surface area contributed by atoms with Crippen molar-refractivity contribution in [3.8, 4) is 0 Å². The van der Waals surface area contributed by atoms with Crippen molar-refractivity contribution in [2.24, 2.45) is 0 Å². The quantitative estimate of drug-likeness (QED) is 0.869. The Hall–Kier alpha value is -1.69. The molecule has 2 aromatic heterocycles. The van der Waals surface area contributed by atoms with Gasteiger partial charge in [0.15, 0.2) is 5.89 Å². The number of amides is 1. The third-order valence-corrected chi connectivity index (χ3v) is 4.37. The Kier molecular flexibility index (Phi) is 4.23. The van der Waals surface area contributed by atoms with Crippen LogP contribution in [0.2, 0.25) is 0 Å². The van der Waals surface area contributed by atoms with E-state index < -0.39 is 0 Å². The Morgan fingerprint density at radius 1 is 1.45 bits per heavy atom. The molecule has 20 heavy (non-hydrogen) atoms. The number of oxazole rings is 1. The molecule has 2 heterocycles. The Balaban J connectivity index is 2.21. The van der Waals surface area contributed by atoms with Crippen molar-refractivity contribution >= 4 is 17.2 Å². The van der Waals surface area contributed by atoms with Gasteiger partial charge >= 0.3 is 0 Å². The molecule has 0 saturated heterocycles. The van der Waals surface area contributed by atoms with E-state index >= 15 is 0 Å². The summed E-state index contributed by atoms with van der Waals surface area (Å²) in [5, 5.41) is 2.91. The summed E-state index contributed by atoms with van der Waals surface area (Å²) in [5.41, 5.74) is 1.61. The minimum Gasteiger partial charge on any atom is -0.435 e. The molecule has 0 aliphatic carbocycles. The van der Waals surface area contributed by atoms with Crippen molar-refractivity contribution in [1.29, 1.82) is 0 Å². The molecular weight excluding hydrogens is 274 g/mol. The van der Waals surface area contributed by atoms with E-state index in [0.29, 0.717) is 23.8 Å². The van der Waals surface area contributed by atoms with Crippen LogP contribution in [0.4, 0.5) is 0 Å². The Bertz CT molecular complexity index is 618. The standard InChI is InChI=1S/C14H19N3O2S/c1-6-11-16-9(3)12(19-11)14(18)17(5)10(4)13-15-8(2)7-20-13/h7,10H,6H2,1-5H3/t10-/m0/s1. The van der Waals surface area contributed by atoms with Gasteiger partial charge in [-0.25, -0.2) is 9.97 Å². The molecule has 0 saturated carbocycles. The van der Waals surface area contributed by atoms with E-state index in [0.717, 1.165) is 10.7 Å². The minimum absolute atomic E-state index is 0.0872. The molecular formula is C14H19N3O2S. The Labute approximate surface area is 122 Å².